The van der Waals surface area contributed by atoms with Crippen LogP contribution in [0.2, 0.25) is 0 Å². The van der Waals surface area contributed by atoms with Crippen LogP contribution < -0.4 is 4.74 Å². The Balaban J connectivity index is 1.54. The van der Waals surface area contributed by atoms with E-state index < -0.39 is 5.82 Å². The van der Waals surface area contributed by atoms with Gasteiger partial charge in [-0.15, -0.1) is 11.3 Å². The zero-order chi connectivity index (χ0) is 22.1. The van der Waals surface area contributed by atoms with Gasteiger partial charge in [0.05, 0.1) is 23.5 Å². The number of carbonyl (C=O) groups is 1. The van der Waals surface area contributed by atoms with Crippen LogP contribution in [0.1, 0.15) is 41.0 Å². The van der Waals surface area contributed by atoms with E-state index in [0.717, 1.165) is 34.8 Å². The fourth-order valence-electron chi connectivity index (χ4n) is 3.95. The fourth-order valence-corrected chi connectivity index (χ4v) is 4.92. The summed E-state index contributed by atoms with van der Waals surface area (Å²) in [7, 11) is 1.44. The minimum atomic E-state index is -0.413. The van der Waals surface area contributed by atoms with Gasteiger partial charge >= 0.3 is 0 Å². The Hall–Kier alpha value is -2.74. The predicted molar refractivity (Wildman–Crippen MR) is 119 cm³/mol. The number of rotatable bonds is 5. The van der Waals surface area contributed by atoms with E-state index in [-0.39, 0.29) is 24.1 Å². The van der Waals surface area contributed by atoms with Crippen molar-refractivity contribution in [3.8, 4) is 17.0 Å². The Labute approximate surface area is 185 Å². The zero-order valence-electron chi connectivity index (χ0n) is 18.3. The van der Waals surface area contributed by atoms with Crippen molar-refractivity contribution in [2.24, 2.45) is 0 Å². The summed E-state index contributed by atoms with van der Waals surface area (Å²) in [6.45, 7) is 7.74. The minimum absolute atomic E-state index is 0.0557. The number of nitrogens with zero attached hydrogens (tertiary/aromatic N) is 4. The number of amides is 1. The van der Waals surface area contributed by atoms with Crippen molar-refractivity contribution in [2.45, 2.75) is 46.1 Å². The van der Waals surface area contributed by atoms with Crippen molar-refractivity contribution in [1.82, 2.24) is 19.7 Å². The number of halogens is 1. The second kappa shape index (κ2) is 8.78. The predicted octanol–water partition coefficient (Wildman–Crippen LogP) is 4.21. The summed E-state index contributed by atoms with van der Waals surface area (Å²) >= 11 is 1.73. The fraction of sp³-hybridized carbons (Fsp3) is 0.435. The highest BCUT2D eigenvalue weighted by molar-refractivity contribution is 7.11. The smallest absolute Gasteiger partial charge is 0.244 e. The highest BCUT2D eigenvalue weighted by Crippen LogP contribution is 2.28. The minimum Gasteiger partial charge on any atom is -0.494 e. The van der Waals surface area contributed by atoms with Crippen molar-refractivity contribution in [1.29, 1.82) is 0 Å². The van der Waals surface area contributed by atoms with Crippen LogP contribution in [0.5, 0.6) is 5.75 Å². The third-order valence-electron chi connectivity index (χ3n) is 5.60. The van der Waals surface area contributed by atoms with Gasteiger partial charge in [0, 0.05) is 42.1 Å². The molecule has 4 rings (SSSR count). The lowest BCUT2D eigenvalue weighted by molar-refractivity contribution is -0.132. The molecule has 0 aliphatic carbocycles. The Morgan fingerprint density at radius 2 is 2.03 bits per heavy atom. The molecule has 0 fully saturated rings. The first-order chi connectivity index (χ1) is 14.9. The quantitative estimate of drug-likeness (QED) is 0.594. The molecule has 3 heterocycles. The van der Waals surface area contributed by atoms with E-state index in [1.807, 2.05) is 17.9 Å². The second-order valence-corrected chi connectivity index (χ2v) is 9.39. The SMILES string of the molecule is COc1cc(-c2cc(C(C)C)n(CC(=O)N3CCc4nc(C)sc4CC3)n2)ccc1F. The maximum atomic E-state index is 13.8. The average molecular weight is 443 g/mol. The number of hydrogen-bond donors (Lipinski definition) is 0. The van der Waals surface area contributed by atoms with Crippen LogP contribution in [-0.2, 0) is 24.2 Å². The van der Waals surface area contributed by atoms with Crippen LogP contribution in [0.15, 0.2) is 24.3 Å². The molecule has 2 aromatic heterocycles. The summed E-state index contributed by atoms with van der Waals surface area (Å²) in [5.41, 5.74) is 3.56. The third kappa shape index (κ3) is 4.49. The number of carbonyl (C=O) groups excluding carboxylic acids is 1. The Bertz CT molecular complexity index is 1080. The normalized spacial score (nSPS) is 13.9. The number of aryl methyl sites for hydroxylation is 1. The molecule has 3 aromatic rings. The van der Waals surface area contributed by atoms with E-state index in [4.69, 9.17) is 4.74 Å². The first kappa shape index (κ1) is 21.5. The molecule has 0 saturated carbocycles. The number of fused-ring (bicyclic) bond motifs is 1. The highest BCUT2D eigenvalue weighted by Gasteiger charge is 2.23. The topological polar surface area (TPSA) is 60.2 Å². The summed E-state index contributed by atoms with van der Waals surface area (Å²) in [6.07, 6.45) is 1.64. The number of thiazole rings is 1. The van der Waals surface area contributed by atoms with E-state index in [1.54, 1.807) is 28.2 Å². The van der Waals surface area contributed by atoms with Crippen molar-refractivity contribution in [3.63, 3.8) is 0 Å². The monoisotopic (exact) mass is 442 g/mol. The van der Waals surface area contributed by atoms with Crippen LogP contribution in [0.4, 0.5) is 4.39 Å². The highest BCUT2D eigenvalue weighted by atomic mass is 32.1. The molecule has 1 aromatic carbocycles. The van der Waals surface area contributed by atoms with Gasteiger partial charge in [-0.2, -0.15) is 5.10 Å². The Kier molecular flexibility index (Phi) is 6.09. The van der Waals surface area contributed by atoms with Crippen molar-refractivity contribution < 1.29 is 13.9 Å². The lowest BCUT2D eigenvalue weighted by Gasteiger charge is -2.21. The van der Waals surface area contributed by atoms with Gasteiger partial charge in [0.15, 0.2) is 11.6 Å². The molecule has 1 aliphatic heterocycles. The second-order valence-electron chi connectivity index (χ2n) is 8.10. The molecule has 1 amide bonds. The number of methoxy groups -OCH3 is 1. The van der Waals surface area contributed by atoms with E-state index >= 15 is 0 Å². The van der Waals surface area contributed by atoms with E-state index in [2.05, 4.69) is 23.9 Å². The first-order valence-corrected chi connectivity index (χ1v) is 11.3. The van der Waals surface area contributed by atoms with Gasteiger partial charge in [0.25, 0.3) is 0 Å². The van der Waals surface area contributed by atoms with Crippen LogP contribution in [0, 0.1) is 12.7 Å². The van der Waals surface area contributed by atoms with Gasteiger partial charge in [-0.05, 0) is 37.1 Å². The number of benzene rings is 1. The molecular weight excluding hydrogens is 415 g/mol. The first-order valence-electron chi connectivity index (χ1n) is 10.5. The van der Waals surface area contributed by atoms with Crippen LogP contribution in [0.3, 0.4) is 0 Å². The molecule has 6 nitrogen and oxygen atoms in total. The summed E-state index contributed by atoms with van der Waals surface area (Å²) in [6, 6.07) is 6.66. The Morgan fingerprint density at radius 3 is 2.77 bits per heavy atom. The molecule has 164 valence electrons. The van der Waals surface area contributed by atoms with Crippen molar-refractivity contribution in [3.05, 3.63) is 51.4 Å². The average Bonchev–Trinajstić information content (AvgIpc) is 3.26. The lowest BCUT2D eigenvalue weighted by atomic mass is 10.1. The molecule has 0 unspecified atom stereocenters. The van der Waals surface area contributed by atoms with Gasteiger partial charge in [-0.25, -0.2) is 9.37 Å². The maximum Gasteiger partial charge on any atom is 0.244 e. The molecule has 0 saturated heterocycles. The summed E-state index contributed by atoms with van der Waals surface area (Å²) in [4.78, 5) is 20.9. The Morgan fingerprint density at radius 1 is 1.26 bits per heavy atom. The standard InChI is InChI=1S/C23H27FN4O2S/c1-14(2)20-12-19(16-5-6-17(24)21(11-16)30-4)26-28(20)13-23(29)27-9-7-18-22(8-10-27)31-15(3)25-18/h5-6,11-12,14H,7-10,13H2,1-4H3. The van der Waals surface area contributed by atoms with Crippen LogP contribution in [0.25, 0.3) is 11.3 Å². The largest absolute Gasteiger partial charge is 0.494 e. The summed E-state index contributed by atoms with van der Waals surface area (Å²) in [5.74, 6) is 0.0132. The summed E-state index contributed by atoms with van der Waals surface area (Å²) in [5, 5.41) is 5.78. The number of hydrogen-bond acceptors (Lipinski definition) is 5. The van der Waals surface area contributed by atoms with Crippen molar-refractivity contribution in [2.75, 3.05) is 20.2 Å². The van der Waals surface area contributed by atoms with Gasteiger partial charge in [-0.1, -0.05) is 13.8 Å². The molecule has 0 bridgehead atoms. The van der Waals surface area contributed by atoms with Crippen molar-refractivity contribution >= 4 is 17.2 Å². The van der Waals surface area contributed by atoms with Crippen LogP contribution >= 0.6 is 11.3 Å². The summed E-state index contributed by atoms with van der Waals surface area (Å²) < 4.78 is 20.7. The molecule has 1 aliphatic rings. The molecule has 0 N–H and O–H groups in total. The van der Waals surface area contributed by atoms with Crippen LogP contribution in [-0.4, -0.2) is 45.8 Å². The molecule has 0 spiro atoms. The van der Waals surface area contributed by atoms with E-state index in [0.29, 0.717) is 18.8 Å². The maximum absolute atomic E-state index is 13.8. The molecule has 31 heavy (non-hydrogen) atoms. The molecular formula is C23H27FN4O2S. The zero-order valence-corrected chi connectivity index (χ0v) is 19.1. The molecule has 8 heteroatoms. The van der Waals surface area contributed by atoms with Gasteiger partial charge in [0.1, 0.15) is 6.54 Å². The van der Waals surface area contributed by atoms with Gasteiger partial charge in [0.2, 0.25) is 5.91 Å². The third-order valence-corrected chi connectivity index (χ3v) is 6.67. The number of ether oxygens (including phenoxy) is 1. The number of aromatic nitrogens is 3. The van der Waals surface area contributed by atoms with Gasteiger partial charge < -0.3 is 9.64 Å². The molecule has 0 atom stereocenters. The van der Waals surface area contributed by atoms with E-state index in [9.17, 15) is 9.18 Å². The van der Waals surface area contributed by atoms with Gasteiger partial charge in [-0.3, -0.25) is 9.48 Å². The van der Waals surface area contributed by atoms with E-state index in [1.165, 1.54) is 18.1 Å². The lowest BCUT2D eigenvalue weighted by Crippen LogP contribution is -2.36. The molecule has 0 radical (unpaired) electrons.